The first-order valence-corrected chi connectivity index (χ1v) is 5.66. The Kier molecular flexibility index (Phi) is 3.75. The number of aromatic nitrogens is 1. The van der Waals surface area contributed by atoms with Gasteiger partial charge in [0.1, 0.15) is 11.9 Å². The van der Waals surface area contributed by atoms with E-state index in [1.807, 2.05) is 0 Å². The Labute approximate surface area is 89.8 Å². The fourth-order valence-corrected chi connectivity index (χ4v) is 1.80. The van der Waals surface area contributed by atoms with Crippen LogP contribution in [0.1, 0.15) is 43.4 Å². The van der Waals surface area contributed by atoms with Crippen LogP contribution in [0.3, 0.4) is 0 Å². The predicted molar refractivity (Wildman–Crippen MR) is 56.4 cm³/mol. The van der Waals surface area contributed by atoms with Gasteiger partial charge in [0.05, 0.1) is 6.20 Å². The van der Waals surface area contributed by atoms with Gasteiger partial charge in [-0.2, -0.15) is 0 Å². The van der Waals surface area contributed by atoms with Crippen molar-refractivity contribution in [2.45, 2.75) is 38.2 Å². The highest BCUT2D eigenvalue weighted by Crippen LogP contribution is 2.27. The Hall–Kier alpha value is -0.870. The van der Waals surface area contributed by atoms with E-state index < -0.39 is 0 Å². The maximum absolute atomic E-state index is 5.63. The monoisotopic (exact) mass is 210 g/mol. The largest absolute Gasteiger partial charge is 0.443 e. The molecule has 2 rings (SSSR count). The van der Waals surface area contributed by atoms with Crippen LogP contribution in [-0.4, -0.2) is 18.1 Å². The first-order chi connectivity index (χ1) is 7.40. The van der Waals surface area contributed by atoms with E-state index in [0.717, 1.165) is 43.9 Å². The average Bonchev–Trinajstić information content (AvgIpc) is 2.76. The molecule has 84 valence electrons. The molecule has 0 radical (unpaired) electrons. The Morgan fingerprint density at radius 2 is 2.40 bits per heavy atom. The van der Waals surface area contributed by atoms with Crippen molar-refractivity contribution in [2.75, 3.05) is 13.2 Å². The highest BCUT2D eigenvalue weighted by atomic mass is 16.5. The minimum Gasteiger partial charge on any atom is -0.443 e. The van der Waals surface area contributed by atoms with Crippen LogP contribution in [0.25, 0.3) is 0 Å². The standard InChI is InChI=1S/C11H18N2O2/c12-6-3-4-9-8-13-11(15-9)10-5-1-2-7-14-10/h8,10H,1-7,12H2. The molecule has 1 aromatic heterocycles. The van der Waals surface area contributed by atoms with Gasteiger partial charge in [0.2, 0.25) is 5.89 Å². The van der Waals surface area contributed by atoms with Crippen molar-refractivity contribution >= 4 is 0 Å². The molecule has 1 unspecified atom stereocenters. The molecule has 1 atom stereocenters. The van der Waals surface area contributed by atoms with Crippen molar-refractivity contribution in [3.05, 3.63) is 17.8 Å². The number of oxazole rings is 1. The lowest BCUT2D eigenvalue weighted by Gasteiger charge is -2.19. The van der Waals surface area contributed by atoms with Gasteiger partial charge in [0.15, 0.2) is 0 Å². The molecule has 2 heterocycles. The summed E-state index contributed by atoms with van der Waals surface area (Å²) in [5, 5.41) is 0. The molecule has 1 aromatic rings. The fourth-order valence-electron chi connectivity index (χ4n) is 1.80. The molecule has 2 N–H and O–H groups in total. The highest BCUT2D eigenvalue weighted by molar-refractivity contribution is 4.97. The van der Waals surface area contributed by atoms with E-state index >= 15 is 0 Å². The molecule has 0 saturated carbocycles. The third-order valence-corrected chi connectivity index (χ3v) is 2.65. The van der Waals surface area contributed by atoms with Crippen molar-refractivity contribution in [1.82, 2.24) is 4.98 Å². The number of ether oxygens (including phenoxy) is 1. The van der Waals surface area contributed by atoms with Gasteiger partial charge in [-0.05, 0) is 32.2 Å². The summed E-state index contributed by atoms with van der Waals surface area (Å²) in [4.78, 5) is 4.26. The zero-order chi connectivity index (χ0) is 10.5. The van der Waals surface area contributed by atoms with Crippen molar-refractivity contribution < 1.29 is 9.15 Å². The molecule has 4 nitrogen and oxygen atoms in total. The number of hydrogen-bond donors (Lipinski definition) is 1. The molecular weight excluding hydrogens is 192 g/mol. The number of aryl methyl sites for hydroxylation is 1. The summed E-state index contributed by atoms with van der Waals surface area (Å²) in [5.74, 6) is 1.66. The SMILES string of the molecule is NCCCc1cnc(C2CCCCO2)o1. The quantitative estimate of drug-likeness (QED) is 0.823. The van der Waals surface area contributed by atoms with Gasteiger partial charge in [-0.25, -0.2) is 4.98 Å². The second-order valence-corrected chi connectivity index (χ2v) is 3.91. The third-order valence-electron chi connectivity index (χ3n) is 2.65. The van der Waals surface area contributed by atoms with Gasteiger partial charge in [0, 0.05) is 13.0 Å². The van der Waals surface area contributed by atoms with E-state index in [1.165, 1.54) is 6.42 Å². The molecule has 1 aliphatic rings. The van der Waals surface area contributed by atoms with Gasteiger partial charge < -0.3 is 14.9 Å². The average molecular weight is 210 g/mol. The zero-order valence-electron chi connectivity index (χ0n) is 8.95. The first kappa shape index (κ1) is 10.6. The maximum atomic E-state index is 5.63. The third kappa shape index (κ3) is 2.79. The molecule has 1 fully saturated rings. The molecule has 0 aromatic carbocycles. The lowest BCUT2D eigenvalue weighted by Crippen LogP contribution is -2.11. The zero-order valence-corrected chi connectivity index (χ0v) is 8.95. The smallest absolute Gasteiger partial charge is 0.223 e. The second-order valence-electron chi connectivity index (χ2n) is 3.91. The molecule has 0 bridgehead atoms. The summed E-state index contributed by atoms with van der Waals surface area (Å²) in [6, 6.07) is 0. The highest BCUT2D eigenvalue weighted by Gasteiger charge is 2.20. The minimum absolute atomic E-state index is 0.0744. The van der Waals surface area contributed by atoms with Gasteiger partial charge in [-0.1, -0.05) is 0 Å². The van der Waals surface area contributed by atoms with E-state index in [2.05, 4.69) is 4.98 Å². The number of rotatable bonds is 4. The summed E-state index contributed by atoms with van der Waals surface area (Å²) in [6.07, 6.45) is 7.06. The molecule has 0 aliphatic carbocycles. The maximum Gasteiger partial charge on any atom is 0.223 e. The summed E-state index contributed by atoms with van der Waals surface area (Å²) in [7, 11) is 0. The van der Waals surface area contributed by atoms with Crippen LogP contribution in [0.4, 0.5) is 0 Å². The molecule has 15 heavy (non-hydrogen) atoms. The van der Waals surface area contributed by atoms with Crippen molar-refractivity contribution in [2.24, 2.45) is 5.73 Å². The van der Waals surface area contributed by atoms with Crippen LogP contribution >= 0.6 is 0 Å². The topological polar surface area (TPSA) is 61.3 Å². The van der Waals surface area contributed by atoms with Crippen molar-refractivity contribution in [3.8, 4) is 0 Å². The van der Waals surface area contributed by atoms with Gasteiger partial charge in [-0.15, -0.1) is 0 Å². The molecule has 0 spiro atoms. The summed E-state index contributed by atoms with van der Waals surface area (Å²) in [5.41, 5.74) is 5.44. The Bertz CT molecular complexity index is 293. The molecule has 4 heteroatoms. The molecule has 0 amide bonds. The number of hydrogen-bond acceptors (Lipinski definition) is 4. The predicted octanol–water partition coefficient (Wildman–Crippen LogP) is 1.81. The van der Waals surface area contributed by atoms with Gasteiger partial charge in [-0.3, -0.25) is 0 Å². The normalized spacial score (nSPS) is 21.8. The fraction of sp³-hybridized carbons (Fsp3) is 0.727. The van der Waals surface area contributed by atoms with E-state index in [4.69, 9.17) is 14.9 Å². The lowest BCUT2D eigenvalue weighted by atomic mass is 10.1. The van der Waals surface area contributed by atoms with Gasteiger partial charge in [0.25, 0.3) is 0 Å². The van der Waals surface area contributed by atoms with Crippen molar-refractivity contribution in [3.63, 3.8) is 0 Å². The molecule has 1 aliphatic heterocycles. The Balaban J connectivity index is 1.93. The summed E-state index contributed by atoms with van der Waals surface area (Å²) >= 11 is 0. The van der Waals surface area contributed by atoms with Crippen LogP contribution in [0.2, 0.25) is 0 Å². The van der Waals surface area contributed by atoms with Crippen LogP contribution in [-0.2, 0) is 11.2 Å². The van der Waals surface area contributed by atoms with E-state index in [9.17, 15) is 0 Å². The number of nitrogens with zero attached hydrogens (tertiary/aromatic N) is 1. The van der Waals surface area contributed by atoms with E-state index in [0.29, 0.717) is 6.54 Å². The van der Waals surface area contributed by atoms with Crippen LogP contribution in [0.5, 0.6) is 0 Å². The van der Waals surface area contributed by atoms with Crippen LogP contribution in [0, 0.1) is 0 Å². The minimum atomic E-state index is 0.0744. The van der Waals surface area contributed by atoms with Crippen molar-refractivity contribution in [1.29, 1.82) is 0 Å². The van der Waals surface area contributed by atoms with E-state index in [1.54, 1.807) is 6.20 Å². The molecule has 1 saturated heterocycles. The Morgan fingerprint density at radius 3 is 3.13 bits per heavy atom. The molecular formula is C11H18N2O2. The number of nitrogens with two attached hydrogens (primary N) is 1. The summed E-state index contributed by atoms with van der Waals surface area (Å²) < 4.78 is 11.2. The van der Waals surface area contributed by atoms with Crippen LogP contribution in [0.15, 0.2) is 10.6 Å². The summed E-state index contributed by atoms with van der Waals surface area (Å²) in [6.45, 7) is 1.52. The Morgan fingerprint density at radius 1 is 1.47 bits per heavy atom. The van der Waals surface area contributed by atoms with Gasteiger partial charge >= 0.3 is 0 Å². The second kappa shape index (κ2) is 5.28. The lowest BCUT2D eigenvalue weighted by molar-refractivity contribution is -0.00204. The van der Waals surface area contributed by atoms with Crippen LogP contribution < -0.4 is 5.73 Å². The van der Waals surface area contributed by atoms with E-state index in [-0.39, 0.29) is 6.10 Å². The first-order valence-electron chi connectivity index (χ1n) is 5.66.